The zero-order valence-electron chi connectivity index (χ0n) is 16.9. The monoisotopic (exact) mass is 514 g/mol. The third-order valence-electron chi connectivity index (χ3n) is 4.00. The van der Waals surface area contributed by atoms with Gasteiger partial charge in [-0.05, 0) is 42.8 Å². The normalized spacial score (nSPS) is 10.7. The highest BCUT2D eigenvalue weighted by molar-refractivity contribution is 14.0. The summed E-state index contributed by atoms with van der Waals surface area (Å²) in [5.74, 6) is 0.904. The molecule has 0 unspecified atom stereocenters. The molecule has 6 nitrogen and oxygen atoms in total. The van der Waals surface area contributed by atoms with E-state index in [1.54, 1.807) is 37.4 Å². The van der Waals surface area contributed by atoms with Crippen LogP contribution in [0, 0.1) is 5.82 Å². The first-order valence-electron chi connectivity index (χ1n) is 9.19. The number of carbonyl (C=O) groups is 1. The van der Waals surface area contributed by atoms with Crippen LogP contribution < -0.4 is 15.4 Å². The topological polar surface area (TPSA) is 66.0 Å². The second-order valence-corrected chi connectivity index (χ2v) is 6.21. The number of halogens is 2. The molecule has 1 amide bonds. The molecule has 2 aromatic carbocycles. The highest BCUT2D eigenvalue weighted by Crippen LogP contribution is 2.12. The summed E-state index contributed by atoms with van der Waals surface area (Å²) in [5, 5.41) is 6.05. The Labute approximate surface area is 188 Å². The number of hydrogen-bond donors (Lipinski definition) is 2. The van der Waals surface area contributed by atoms with Crippen LogP contribution in [0.5, 0.6) is 5.75 Å². The molecule has 0 atom stereocenters. The van der Waals surface area contributed by atoms with E-state index >= 15 is 0 Å². The molecule has 0 fully saturated rings. The van der Waals surface area contributed by atoms with Crippen molar-refractivity contribution in [2.45, 2.75) is 13.5 Å². The zero-order chi connectivity index (χ0) is 20.4. The molecule has 8 heteroatoms. The molecule has 158 valence electrons. The number of carbonyl (C=O) groups excluding carboxylic acids is 1. The third-order valence-corrected chi connectivity index (χ3v) is 4.00. The number of guanidine groups is 1. The molecule has 0 saturated carbocycles. The summed E-state index contributed by atoms with van der Waals surface area (Å²) >= 11 is 0. The number of rotatable bonds is 8. The first-order chi connectivity index (χ1) is 13.5. The zero-order valence-corrected chi connectivity index (χ0v) is 19.3. The molecule has 0 aliphatic carbocycles. The lowest BCUT2D eigenvalue weighted by atomic mass is 10.2. The fourth-order valence-corrected chi connectivity index (χ4v) is 2.65. The lowest BCUT2D eigenvalue weighted by Crippen LogP contribution is -2.39. The molecule has 0 saturated heterocycles. The largest absolute Gasteiger partial charge is 0.497 e. The van der Waals surface area contributed by atoms with Crippen LogP contribution >= 0.6 is 24.0 Å². The van der Waals surface area contributed by atoms with Gasteiger partial charge in [0.05, 0.1) is 13.7 Å². The van der Waals surface area contributed by atoms with Crippen LogP contribution in [-0.2, 0) is 6.54 Å². The Balaban J connectivity index is 0.00000420. The molecule has 0 heterocycles. The van der Waals surface area contributed by atoms with Gasteiger partial charge in [-0.2, -0.15) is 0 Å². The van der Waals surface area contributed by atoms with Gasteiger partial charge in [0, 0.05) is 32.2 Å². The summed E-state index contributed by atoms with van der Waals surface area (Å²) in [6.07, 6.45) is 0. The Morgan fingerprint density at radius 1 is 1.17 bits per heavy atom. The maximum Gasteiger partial charge on any atom is 0.251 e. The molecule has 0 aliphatic heterocycles. The van der Waals surface area contributed by atoms with E-state index in [4.69, 9.17) is 4.74 Å². The van der Waals surface area contributed by atoms with Crippen LogP contribution in [0.15, 0.2) is 53.5 Å². The number of hydrogen-bond acceptors (Lipinski definition) is 3. The third kappa shape index (κ3) is 8.26. The molecule has 2 N–H and O–H groups in total. The van der Waals surface area contributed by atoms with Crippen LogP contribution in [-0.4, -0.2) is 50.6 Å². The Kier molecular flexibility index (Phi) is 11.0. The van der Waals surface area contributed by atoms with Crippen molar-refractivity contribution in [3.05, 3.63) is 65.5 Å². The SMILES string of the molecule is CCNC(=NCCNC(=O)c1cccc(OC)c1)N(C)Cc1cccc(F)c1.I. The quantitative estimate of drug-likeness (QED) is 0.246. The fourth-order valence-electron chi connectivity index (χ4n) is 2.65. The Hall–Kier alpha value is -2.36. The Bertz CT molecular complexity index is 817. The average molecular weight is 514 g/mol. The van der Waals surface area contributed by atoms with E-state index in [0.717, 1.165) is 5.56 Å². The van der Waals surface area contributed by atoms with Crippen LogP contribution in [0.2, 0.25) is 0 Å². The second kappa shape index (κ2) is 13.0. The number of ether oxygens (including phenoxy) is 1. The first-order valence-corrected chi connectivity index (χ1v) is 9.19. The summed E-state index contributed by atoms with van der Waals surface area (Å²) in [4.78, 5) is 18.7. The van der Waals surface area contributed by atoms with Gasteiger partial charge in [0.1, 0.15) is 11.6 Å². The Morgan fingerprint density at radius 2 is 1.93 bits per heavy atom. The molecular formula is C21H28FIN4O2. The molecule has 29 heavy (non-hydrogen) atoms. The number of methoxy groups -OCH3 is 1. The van der Waals surface area contributed by atoms with E-state index < -0.39 is 0 Å². The van der Waals surface area contributed by atoms with Gasteiger partial charge in [-0.3, -0.25) is 9.79 Å². The van der Waals surface area contributed by atoms with Crippen molar-refractivity contribution < 1.29 is 13.9 Å². The maximum atomic E-state index is 13.4. The highest BCUT2D eigenvalue weighted by atomic mass is 127. The minimum atomic E-state index is -0.256. The number of nitrogens with one attached hydrogen (secondary N) is 2. The van der Waals surface area contributed by atoms with Gasteiger partial charge in [-0.25, -0.2) is 4.39 Å². The van der Waals surface area contributed by atoms with Gasteiger partial charge in [0.15, 0.2) is 5.96 Å². The molecular weight excluding hydrogens is 486 g/mol. The van der Waals surface area contributed by atoms with Gasteiger partial charge < -0.3 is 20.3 Å². The van der Waals surface area contributed by atoms with Crippen LogP contribution in [0.1, 0.15) is 22.8 Å². The van der Waals surface area contributed by atoms with Crippen molar-refractivity contribution in [2.24, 2.45) is 4.99 Å². The van der Waals surface area contributed by atoms with Crippen molar-refractivity contribution in [3.8, 4) is 5.75 Å². The smallest absolute Gasteiger partial charge is 0.251 e. The lowest BCUT2D eigenvalue weighted by molar-refractivity contribution is 0.0954. The summed E-state index contributed by atoms with van der Waals surface area (Å²) in [6, 6.07) is 13.5. The predicted molar refractivity (Wildman–Crippen MR) is 125 cm³/mol. The minimum absolute atomic E-state index is 0. The average Bonchev–Trinajstić information content (AvgIpc) is 2.70. The minimum Gasteiger partial charge on any atom is -0.497 e. The van der Waals surface area contributed by atoms with E-state index in [1.165, 1.54) is 12.1 Å². The number of aliphatic imine (C=N–C) groups is 1. The van der Waals surface area contributed by atoms with Crippen molar-refractivity contribution in [3.63, 3.8) is 0 Å². The van der Waals surface area contributed by atoms with Crippen LogP contribution in [0.4, 0.5) is 4.39 Å². The van der Waals surface area contributed by atoms with Crippen molar-refractivity contribution in [1.29, 1.82) is 0 Å². The van der Waals surface area contributed by atoms with Gasteiger partial charge in [0.25, 0.3) is 5.91 Å². The van der Waals surface area contributed by atoms with Gasteiger partial charge >= 0.3 is 0 Å². The van der Waals surface area contributed by atoms with E-state index in [2.05, 4.69) is 15.6 Å². The summed E-state index contributed by atoms with van der Waals surface area (Å²) in [5.41, 5.74) is 1.40. The highest BCUT2D eigenvalue weighted by Gasteiger charge is 2.08. The second-order valence-electron chi connectivity index (χ2n) is 6.21. The molecule has 0 spiro atoms. The van der Waals surface area contributed by atoms with E-state index in [9.17, 15) is 9.18 Å². The summed E-state index contributed by atoms with van der Waals surface area (Å²) in [7, 11) is 3.45. The fraction of sp³-hybridized carbons (Fsp3) is 0.333. The standard InChI is InChI=1S/C21H27FN4O2.HI/c1-4-23-21(26(2)15-16-7-5-9-18(22)13-16)25-12-11-24-20(27)17-8-6-10-19(14-17)28-3;/h5-10,13-14H,4,11-12,15H2,1-3H3,(H,23,25)(H,24,27);1H. The number of nitrogens with zero attached hydrogens (tertiary/aromatic N) is 2. The number of benzene rings is 2. The maximum absolute atomic E-state index is 13.4. The molecule has 0 radical (unpaired) electrons. The molecule has 0 aliphatic rings. The van der Waals surface area contributed by atoms with E-state index in [-0.39, 0.29) is 35.7 Å². The molecule has 0 aromatic heterocycles. The van der Waals surface area contributed by atoms with Gasteiger partial charge in [-0.1, -0.05) is 18.2 Å². The molecule has 2 rings (SSSR count). The number of amides is 1. The van der Waals surface area contributed by atoms with Crippen molar-refractivity contribution in [1.82, 2.24) is 15.5 Å². The van der Waals surface area contributed by atoms with Gasteiger partial charge in [-0.15, -0.1) is 24.0 Å². The molecule has 2 aromatic rings. The first kappa shape index (κ1) is 24.7. The lowest BCUT2D eigenvalue weighted by Gasteiger charge is -2.22. The van der Waals surface area contributed by atoms with E-state index in [1.807, 2.05) is 24.9 Å². The summed E-state index contributed by atoms with van der Waals surface area (Å²) < 4.78 is 18.5. The molecule has 0 bridgehead atoms. The predicted octanol–water partition coefficient (Wildman–Crippen LogP) is 3.28. The van der Waals surface area contributed by atoms with Crippen molar-refractivity contribution >= 4 is 35.8 Å². The van der Waals surface area contributed by atoms with E-state index in [0.29, 0.717) is 43.5 Å². The van der Waals surface area contributed by atoms with Crippen LogP contribution in [0.3, 0.4) is 0 Å². The summed E-state index contributed by atoms with van der Waals surface area (Å²) in [6.45, 7) is 4.04. The van der Waals surface area contributed by atoms with Crippen molar-refractivity contribution in [2.75, 3.05) is 33.8 Å². The Morgan fingerprint density at radius 3 is 2.62 bits per heavy atom. The van der Waals surface area contributed by atoms with Gasteiger partial charge in [0.2, 0.25) is 0 Å². The van der Waals surface area contributed by atoms with Crippen LogP contribution in [0.25, 0.3) is 0 Å².